The van der Waals surface area contributed by atoms with Crippen molar-refractivity contribution in [2.45, 2.75) is 6.92 Å². The fourth-order valence-electron chi connectivity index (χ4n) is 1.60. The summed E-state index contributed by atoms with van der Waals surface area (Å²) in [5.74, 6) is -1.33. The molecule has 2 aromatic rings. The minimum absolute atomic E-state index is 0.0199. The van der Waals surface area contributed by atoms with E-state index in [1.807, 2.05) is 0 Å². The molecule has 0 aliphatic rings. The number of aromatic hydroxyl groups is 2. The van der Waals surface area contributed by atoms with Gasteiger partial charge in [0.1, 0.15) is 17.3 Å². The molecule has 19 heavy (non-hydrogen) atoms. The minimum Gasteiger partial charge on any atom is -0.508 e. The van der Waals surface area contributed by atoms with E-state index >= 15 is 0 Å². The maximum Gasteiger partial charge on any atom is 0.255 e. The maximum atomic E-state index is 13.5. The van der Waals surface area contributed by atoms with Crippen molar-refractivity contribution < 1.29 is 19.4 Å². The summed E-state index contributed by atoms with van der Waals surface area (Å²) >= 11 is 0. The van der Waals surface area contributed by atoms with E-state index in [1.54, 1.807) is 6.92 Å². The van der Waals surface area contributed by atoms with E-state index in [1.165, 1.54) is 30.3 Å². The Morgan fingerprint density at radius 1 is 1.16 bits per heavy atom. The van der Waals surface area contributed by atoms with E-state index in [0.29, 0.717) is 11.1 Å². The highest BCUT2D eigenvalue weighted by Crippen LogP contribution is 2.21. The number of hydrogen-bond donors (Lipinski definition) is 3. The van der Waals surface area contributed by atoms with Crippen molar-refractivity contribution in [3.8, 4) is 11.5 Å². The number of amides is 1. The van der Waals surface area contributed by atoms with Crippen molar-refractivity contribution in [2.24, 2.45) is 0 Å². The molecule has 0 aliphatic heterocycles. The van der Waals surface area contributed by atoms with Crippen LogP contribution in [0.5, 0.6) is 11.5 Å². The molecule has 0 radical (unpaired) electrons. The van der Waals surface area contributed by atoms with Gasteiger partial charge in [-0.05, 0) is 42.8 Å². The summed E-state index contributed by atoms with van der Waals surface area (Å²) in [5, 5.41) is 20.8. The van der Waals surface area contributed by atoms with Gasteiger partial charge in [-0.25, -0.2) is 4.39 Å². The van der Waals surface area contributed by atoms with E-state index in [-0.39, 0.29) is 17.2 Å². The fourth-order valence-corrected chi connectivity index (χ4v) is 1.60. The molecule has 3 N–H and O–H groups in total. The molecule has 4 nitrogen and oxygen atoms in total. The molecule has 5 heteroatoms. The third-order valence-corrected chi connectivity index (χ3v) is 2.66. The highest BCUT2D eigenvalue weighted by atomic mass is 19.1. The number of phenolic OH excluding ortho intramolecular Hbond substituents is 2. The number of aryl methyl sites for hydroxylation is 1. The Balaban J connectivity index is 2.23. The number of hydrogen-bond acceptors (Lipinski definition) is 3. The standard InChI is InChI=1S/C14H12FNO3/c1-8-6-9(2-5-13(8)18)14(19)16-12-4-3-10(17)7-11(12)15/h2-7,17-18H,1H3,(H,16,19). The second kappa shape index (κ2) is 4.97. The highest BCUT2D eigenvalue weighted by molar-refractivity contribution is 6.04. The average Bonchev–Trinajstić information content (AvgIpc) is 2.36. The third-order valence-electron chi connectivity index (χ3n) is 2.66. The molecule has 2 rings (SSSR count). The Hall–Kier alpha value is -2.56. The predicted molar refractivity (Wildman–Crippen MR) is 68.9 cm³/mol. The van der Waals surface area contributed by atoms with E-state index in [9.17, 15) is 14.3 Å². The largest absolute Gasteiger partial charge is 0.508 e. The first-order valence-electron chi connectivity index (χ1n) is 5.57. The molecule has 0 fully saturated rings. The van der Waals surface area contributed by atoms with Gasteiger partial charge in [-0.15, -0.1) is 0 Å². The molecule has 0 saturated carbocycles. The van der Waals surface area contributed by atoms with Crippen LogP contribution in [0.25, 0.3) is 0 Å². The zero-order valence-corrected chi connectivity index (χ0v) is 10.1. The summed E-state index contributed by atoms with van der Waals surface area (Å²) < 4.78 is 13.5. The van der Waals surface area contributed by atoms with Crippen molar-refractivity contribution in [3.63, 3.8) is 0 Å². The number of rotatable bonds is 2. The third kappa shape index (κ3) is 2.82. The minimum atomic E-state index is -0.719. The van der Waals surface area contributed by atoms with Crippen LogP contribution in [0.2, 0.25) is 0 Å². The van der Waals surface area contributed by atoms with Crippen LogP contribution < -0.4 is 5.32 Å². The normalized spacial score (nSPS) is 10.2. The smallest absolute Gasteiger partial charge is 0.255 e. The topological polar surface area (TPSA) is 69.6 Å². The van der Waals surface area contributed by atoms with Crippen LogP contribution in [-0.4, -0.2) is 16.1 Å². The van der Waals surface area contributed by atoms with Gasteiger partial charge in [0.2, 0.25) is 0 Å². The molecule has 2 aromatic carbocycles. The number of halogens is 1. The van der Waals surface area contributed by atoms with Crippen LogP contribution in [-0.2, 0) is 0 Å². The summed E-state index contributed by atoms with van der Waals surface area (Å²) in [4.78, 5) is 11.9. The highest BCUT2D eigenvalue weighted by Gasteiger charge is 2.10. The monoisotopic (exact) mass is 261 g/mol. The number of phenols is 2. The summed E-state index contributed by atoms with van der Waals surface area (Å²) in [6, 6.07) is 7.81. The Kier molecular flexibility index (Phi) is 3.37. The Bertz CT molecular complexity index is 641. The van der Waals surface area contributed by atoms with Gasteiger partial charge in [0.05, 0.1) is 5.69 Å². The molecule has 0 bridgehead atoms. The molecular formula is C14H12FNO3. The summed E-state index contributed by atoms with van der Waals surface area (Å²) in [6.07, 6.45) is 0. The second-order valence-electron chi connectivity index (χ2n) is 4.12. The number of carbonyl (C=O) groups is 1. The number of carbonyl (C=O) groups excluding carboxylic acids is 1. The van der Waals surface area contributed by atoms with Gasteiger partial charge in [0, 0.05) is 11.6 Å². The summed E-state index contributed by atoms with van der Waals surface area (Å²) in [5.41, 5.74) is 0.843. The SMILES string of the molecule is Cc1cc(C(=O)Nc2ccc(O)cc2F)ccc1O. The molecule has 0 spiro atoms. The van der Waals surface area contributed by atoms with Gasteiger partial charge in [0.15, 0.2) is 0 Å². The first-order chi connectivity index (χ1) is 8.97. The first-order valence-corrected chi connectivity index (χ1v) is 5.57. The van der Waals surface area contributed by atoms with Gasteiger partial charge in [0.25, 0.3) is 5.91 Å². The maximum absolute atomic E-state index is 13.5. The molecule has 0 saturated heterocycles. The molecule has 98 valence electrons. The van der Waals surface area contributed by atoms with Crippen LogP contribution in [0.4, 0.5) is 10.1 Å². The predicted octanol–water partition coefficient (Wildman–Crippen LogP) is 2.80. The van der Waals surface area contributed by atoms with E-state index in [0.717, 1.165) is 6.07 Å². The second-order valence-corrected chi connectivity index (χ2v) is 4.12. The summed E-state index contributed by atoms with van der Waals surface area (Å²) in [6.45, 7) is 1.66. The van der Waals surface area contributed by atoms with E-state index < -0.39 is 11.7 Å². The Morgan fingerprint density at radius 3 is 2.53 bits per heavy atom. The Labute approximate surface area is 109 Å². The van der Waals surface area contributed by atoms with Crippen molar-refractivity contribution in [2.75, 3.05) is 5.32 Å². The van der Waals surface area contributed by atoms with Gasteiger partial charge < -0.3 is 15.5 Å². The van der Waals surface area contributed by atoms with Crippen LogP contribution >= 0.6 is 0 Å². The van der Waals surface area contributed by atoms with Crippen LogP contribution in [0.1, 0.15) is 15.9 Å². The molecule has 0 aliphatic carbocycles. The van der Waals surface area contributed by atoms with Gasteiger partial charge >= 0.3 is 0 Å². The molecular weight excluding hydrogens is 249 g/mol. The van der Waals surface area contributed by atoms with Crippen molar-refractivity contribution in [3.05, 3.63) is 53.3 Å². The zero-order valence-electron chi connectivity index (χ0n) is 10.1. The van der Waals surface area contributed by atoms with Crippen molar-refractivity contribution in [1.82, 2.24) is 0 Å². The number of nitrogens with one attached hydrogen (secondary N) is 1. The molecule has 1 amide bonds. The molecule has 0 unspecified atom stereocenters. The first kappa shape index (κ1) is 12.9. The molecule has 0 heterocycles. The number of anilines is 1. The van der Waals surface area contributed by atoms with E-state index in [4.69, 9.17) is 5.11 Å². The van der Waals surface area contributed by atoms with Crippen LogP contribution in [0.3, 0.4) is 0 Å². The lowest BCUT2D eigenvalue weighted by Crippen LogP contribution is -2.13. The lowest BCUT2D eigenvalue weighted by atomic mass is 10.1. The van der Waals surface area contributed by atoms with E-state index in [2.05, 4.69) is 5.32 Å². The van der Waals surface area contributed by atoms with Crippen LogP contribution in [0.15, 0.2) is 36.4 Å². The average molecular weight is 261 g/mol. The molecule has 0 aromatic heterocycles. The van der Waals surface area contributed by atoms with Gasteiger partial charge in [-0.2, -0.15) is 0 Å². The zero-order chi connectivity index (χ0) is 14.0. The fraction of sp³-hybridized carbons (Fsp3) is 0.0714. The molecule has 0 atom stereocenters. The summed E-state index contributed by atoms with van der Waals surface area (Å²) in [7, 11) is 0. The lowest BCUT2D eigenvalue weighted by molar-refractivity contribution is 0.102. The van der Waals surface area contributed by atoms with Crippen molar-refractivity contribution >= 4 is 11.6 Å². The van der Waals surface area contributed by atoms with Crippen LogP contribution in [0, 0.1) is 12.7 Å². The quantitative estimate of drug-likeness (QED) is 0.728. The van der Waals surface area contributed by atoms with Gasteiger partial charge in [-0.3, -0.25) is 4.79 Å². The number of benzene rings is 2. The Morgan fingerprint density at radius 2 is 1.89 bits per heavy atom. The lowest BCUT2D eigenvalue weighted by Gasteiger charge is -2.08. The van der Waals surface area contributed by atoms with Gasteiger partial charge in [-0.1, -0.05) is 0 Å². The van der Waals surface area contributed by atoms with Crippen molar-refractivity contribution in [1.29, 1.82) is 0 Å².